The van der Waals surface area contributed by atoms with Crippen molar-refractivity contribution in [3.8, 4) is 0 Å². The second-order valence-corrected chi connectivity index (χ2v) is 9.04. The predicted octanol–water partition coefficient (Wildman–Crippen LogP) is 6.90. The van der Waals surface area contributed by atoms with Crippen LogP contribution in [0.2, 0.25) is 0 Å². The second kappa shape index (κ2) is 25.9. The Labute approximate surface area is 185 Å². The van der Waals surface area contributed by atoms with Gasteiger partial charge in [-0.25, -0.2) is 0 Å². The van der Waals surface area contributed by atoms with Gasteiger partial charge >= 0.3 is 0 Å². The molecule has 176 valence electrons. The van der Waals surface area contributed by atoms with Crippen molar-refractivity contribution in [1.29, 1.82) is 0 Å². The highest BCUT2D eigenvalue weighted by Gasteiger charge is 2.03. The van der Waals surface area contributed by atoms with Gasteiger partial charge in [-0.2, -0.15) is 0 Å². The van der Waals surface area contributed by atoms with Crippen molar-refractivity contribution < 1.29 is 0 Å². The zero-order valence-electron chi connectivity index (χ0n) is 20.5. The summed E-state index contributed by atoms with van der Waals surface area (Å²) in [5, 5.41) is 3.65. The van der Waals surface area contributed by atoms with Crippen LogP contribution in [0.15, 0.2) is 0 Å². The normalized spacial score (nSPS) is 11.6. The number of hydrogen-bond acceptors (Lipinski definition) is 3. The number of hydrogen-bond donors (Lipinski definition) is 2. The maximum absolute atomic E-state index is 5.81. The molecule has 0 aliphatic carbocycles. The van der Waals surface area contributed by atoms with Crippen LogP contribution in [-0.4, -0.2) is 44.2 Å². The van der Waals surface area contributed by atoms with Gasteiger partial charge in [0.2, 0.25) is 0 Å². The van der Waals surface area contributed by atoms with Crippen molar-refractivity contribution in [3.05, 3.63) is 0 Å². The topological polar surface area (TPSA) is 41.3 Å². The van der Waals surface area contributed by atoms with Crippen LogP contribution < -0.4 is 11.1 Å². The Morgan fingerprint density at radius 3 is 1.41 bits per heavy atom. The summed E-state index contributed by atoms with van der Waals surface area (Å²) >= 11 is 0. The third-order valence-electron chi connectivity index (χ3n) is 6.09. The van der Waals surface area contributed by atoms with E-state index in [1.807, 2.05) is 0 Å². The van der Waals surface area contributed by atoms with Crippen LogP contribution in [0.25, 0.3) is 0 Å². The molecule has 0 atom stereocenters. The molecule has 0 aromatic heterocycles. The molecular formula is C26H57N3. The van der Waals surface area contributed by atoms with E-state index in [0.717, 1.165) is 26.2 Å². The lowest BCUT2D eigenvalue weighted by atomic mass is 10.1. The maximum Gasteiger partial charge on any atom is 0.0107 e. The van der Waals surface area contributed by atoms with E-state index in [4.69, 9.17) is 5.73 Å². The molecule has 0 unspecified atom stereocenters. The van der Waals surface area contributed by atoms with Gasteiger partial charge in [0.05, 0.1) is 0 Å². The summed E-state index contributed by atoms with van der Waals surface area (Å²) in [5.41, 5.74) is 5.81. The molecule has 0 aliphatic heterocycles. The minimum absolute atomic E-state index is 0.787. The third-order valence-corrected chi connectivity index (χ3v) is 6.09. The number of nitrogens with one attached hydrogen (secondary N) is 1. The molecule has 0 bridgehead atoms. The fraction of sp³-hybridized carbons (Fsp3) is 1.00. The Bertz CT molecular complexity index is 283. The SMILES string of the molecule is CCCCCCCCCCCNCCN(CCN)CCCCCCCCCCC. The lowest BCUT2D eigenvalue weighted by Crippen LogP contribution is -2.36. The lowest BCUT2D eigenvalue weighted by Gasteiger charge is -2.21. The molecule has 0 aromatic carbocycles. The Hall–Kier alpha value is -0.120. The van der Waals surface area contributed by atoms with Crippen LogP contribution >= 0.6 is 0 Å². The summed E-state index contributed by atoms with van der Waals surface area (Å²) in [4.78, 5) is 2.56. The monoisotopic (exact) mass is 411 g/mol. The largest absolute Gasteiger partial charge is 0.329 e. The van der Waals surface area contributed by atoms with Crippen LogP contribution in [0.3, 0.4) is 0 Å². The van der Waals surface area contributed by atoms with Gasteiger partial charge in [-0.1, -0.05) is 117 Å². The van der Waals surface area contributed by atoms with Crippen molar-refractivity contribution in [2.75, 3.05) is 39.3 Å². The van der Waals surface area contributed by atoms with Crippen LogP contribution in [0.5, 0.6) is 0 Å². The second-order valence-electron chi connectivity index (χ2n) is 9.04. The van der Waals surface area contributed by atoms with Gasteiger partial charge in [-0.05, 0) is 25.9 Å². The molecule has 0 saturated carbocycles. The summed E-state index contributed by atoms with van der Waals surface area (Å²) in [6.45, 7) is 11.1. The quantitative estimate of drug-likeness (QED) is 0.161. The van der Waals surface area contributed by atoms with Gasteiger partial charge in [0.25, 0.3) is 0 Å². The maximum atomic E-state index is 5.81. The predicted molar refractivity (Wildman–Crippen MR) is 133 cm³/mol. The van der Waals surface area contributed by atoms with Crippen molar-refractivity contribution in [3.63, 3.8) is 0 Å². The van der Waals surface area contributed by atoms with E-state index < -0.39 is 0 Å². The van der Waals surface area contributed by atoms with E-state index in [0.29, 0.717) is 0 Å². The van der Waals surface area contributed by atoms with Crippen LogP contribution in [0.1, 0.15) is 129 Å². The molecule has 3 nitrogen and oxygen atoms in total. The molecule has 3 heteroatoms. The first-order chi connectivity index (χ1) is 14.3. The summed E-state index contributed by atoms with van der Waals surface area (Å²) < 4.78 is 0. The summed E-state index contributed by atoms with van der Waals surface area (Å²) in [6, 6.07) is 0. The first-order valence-corrected chi connectivity index (χ1v) is 13.5. The molecule has 0 fully saturated rings. The first-order valence-electron chi connectivity index (χ1n) is 13.5. The van der Waals surface area contributed by atoms with Gasteiger partial charge in [0.1, 0.15) is 0 Å². The van der Waals surface area contributed by atoms with E-state index in [-0.39, 0.29) is 0 Å². The Kier molecular flexibility index (Phi) is 25.8. The van der Waals surface area contributed by atoms with Crippen LogP contribution in [-0.2, 0) is 0 Å². The molecule has 0 spiro atoms. The molecule has 0 aliphatic rings. The van der Waals surface area contributed by atoms with Crippen molar-refractivity contribution >= 4 is 0 Å². The molecule has 0 amide bonds. The summed E-state index contributed by atoms with van der Waals surface area (Å²) in [7, 11) is 0. The molecule has 0 radical (unpaired) electrons. The highest BCUT2D eigenvalue weighted by atomic mass is 15.1. The zero-order chi connectivity index (χ0) is 21.3. The third kappa shape index (κ3) is 24.0. The van der Waals surface area contributed by atoms with E-state index >= 15 is 0 Å². The fourth-order valence-corrected chi connectivity index (χ4v) is 4.09. The molecule has 3 N–H and O–H groups in total. The van der Waals surface area contributed by atoms with E-state index in [9.17, 15) is 0 Å². The molecular weight excluding hydrogens is 354 g/mol. The number of rotatable bonds is 25. The first kappa shape index (κ1) is 28.9. The van der Waals surface area contributed by atoms with E-state index in [1.54, 1.807) is 0 Å². The van der Waals surface area contributed by atoms with Crippen molar-refractivity contribution in [2.24, 2.45) is 5.73 Å². The molecule has 0 heterocycles. The highest BCUT2D eigenvalue weighted by Crippen LogP contribution is 2.10. The van der Waals surface area contributed by atoms with Gasteiger partial charge < -0.3 is 16.0 Å². The Balaban J connectivity index is 3.39. The summed E-state index contributed by atoms with van der Waals surface area (Å²) in [5.74, 6) is 0. The smallest absolute Gasteiger partial charge is 0.0107 e. The molecule has 0 aromatic rings. The Morgan fingerprint density at radius 2 is 0.931 bits per heavy atom. The lowest BCUT2D eigenvalue weighted by molar-refractivity contribution is 0.273. The Morgan fingerprint density at radius 1 is 0.483 bits per heavy atom. The number of nitrogens with two attached hydrogens (primary N) is 1. The highest BCUT2D eigenvalue weighted by molar-refractivity contribution is 4.61. The molecule has 0 rings (SSSR count). The van der Waals surface area contributed by atoms with Crippen LogP contribution in [0, 0.1) is 0 Å². The van der Waals surface area contributed by atoms with Gasteiger partial charge in [0.15, 0.2) is 0 Å². The fourth-order valence-electron chi connectivity index (χ4n) is 4.09. The zero-order valence-corrected chi connectivity index (χ0v) is 20.5. The van der Waals surface area contributed by atoms with Crippen LogP contribution in [0.4, 0.5) is 0 Å². The van der Waals surface area contributed by atoms with E-state index in [2.05, 4.69) is 24.1 Å². The van der Waals surface area contributed by atoms with Gasteiger partial charge in [0, 0.05) is 26.2 Å². The van der Waals surface area contributed by atoms with Gasteiger partial charge in [-0.15, -0.1) is 0 Å². The van der Waals surface area contributed by atoms with Gasteiger partial charge in [-0.3, -0.25) is 0 Å². The molecule has 29 heavy (non-hydrogen) atoms. The molecule has 0 saturated heterocycles. The van der Waals surface area contributed by atoms with Crippen molar-refractivity contribution in [1.82, 2.24) is 10.2 Å². The average molecular weight is 412 g/mol. The average Bonchev–Trinajstić information content (AvgIpc) is 2.73. The minimum atomic E-state index is 0.787. The van der Waals surface area contributed by atoms with Crippen molar-refractivity contribution in [2.45, 2.75) is 129 Å². The summed E-state index contributed by atoms with van der Waals surface area (Å²) in [6.07, 6.45) is 25.4. The standard InChI is InChI=1S/C26H57N3/c1-3-5-7-9-11-13-15-17-19-22-28-23-26-29(25-21-27)24-20-18-16-14-12-10-8-6-4-2/h28H,3-27H2,1-2H3. The number of unbranched alkanes of at least 4 members (excludes halogenated alkanes) is 16. The number of nitrogens with zero attached hydrogens (tertiary/aromatic N) is 1. The van der Waals surface area contributed by atoms with E-state index in [1.165, 1.54) is 129 Å². The minimum Gasteiger partial charge on any atom is -0.329 e.